The fourth-order valence-electron chi connectivity index (χ4n) is 3.67. The number of nitrogens with zero attached hydrogens (tertiary/aromatic N) is 3. The summed E-state index contributed by atoms with van der Waals surface area (Å²) < 4.78 is 5.50. The molecule has 29 heavy (non-hydrogen) atoms. The van der Waals surface area contributed by atoms with Gasteiger partial charge in [-0.2, -0.15) is 0 Å². The van der Waals surface area contributed by atoms with Gasteiger partial charge in [-0.25, -0.2) is 0 Å². The van der Waals surface area contributed by atoms with Gasteiger partial charge in [0.15, 0.2) is 5.96 Å². The molecule has 1 aliphatic rings. The highest BCUT2D eigenvalue weighted by Gasteiger charge is 2.23. The molecule has 2 aromatic rings. The third-order valence-corrected chi connectivity index (χ3v) is 5.32. The molecule has 7 heteroatoms. The number of nitrogens with one attached hydrogen (secondary N) is 2. The number of rotatable bonds is 5. The first kappa shape index (κ1) is 23.3. The first-order valence-electron chi connectivity index (χ1n) is 9.79. The van der Waals surface area contributed by atoms with Crippen LogP contribution in [-0.4, -0.2) is 44.2 Å². The van der Waals surface area contributed by atoms with Gasteiger partial charge in [-0.15, -0.1) is 24.0 Å². The fraction of sp³-hybridized carbons (Fsp3) is 0.455. The van der Waals surface area contributed by atoms with Crippen LogP contribution in [0.15, 0.2) is 35.5 Å². The minimum absolute atomic E-state index is 0. The summed E-state index contributed by atoms with van der Waals surface area (Å²) in [6.45, 7) is 8.80. The van der Waals surface area contributed by atoms with E-state index in [9.17, 15) is 0 Å². The van der Waals surface area contributed by atoms with Gasteiger partial charge < -0.3 is 20.3 Å². The Morgan fingerprint density at radius 1 is 1.24 bits per heavy atom. The van der Waals surface area contributed by atoms with Crippen molar-refractivity contribution in [2.24, 2.45) is 4.99 Å². The average molecular weight is 509 g/mol. The predicted octanol–water partition coefficient (Wildman–Crippen LogP) is 3.58. The molecule has 1 saturated heterocycles. The van der Waals surface area contributed by atoms with E-state index in [1.165, 1.54) is 11.3 Å². The number of hydrogen-bond donors (Lipinski definition) is 2. The maximum atomic E-state index is 5.50. The van der Waals surface area contributed by atoms with E-state index < -0.39 is 0 Å². The topological polar surface area (TPSA) is 61.8 Å². The van der Waals surface area contributed by atoms with Crippen LogP contribution >= 0.6 is 24.0 Å². The Kier molecular flexibility index (Phi) is 8.55. The van der Waals surface area contributed by atoms with Crippen molar-refractivity contribution in [1.29, 1.82) is 0 Å². The Hall–Kier alpha value is -2.03. The summed E-state index contributed by atoms with van der Waals surface area (Å²) >= 11 is 0. The predicted molar refractivity (Wildman–Crippen MR) is 131 cm³/mol. The molecule has 0 aliphatic carbocycles. The third kappa shape index (κ3) is 5.74. The fourth-order valence-corrected chi connectivity index (χ4v) is 3.67. The van der Waals surface area contributed by atoms with Crippen molar-refractivity contribution in [3.8, 4) is 5.75 Å². The molecule has 2 N–H and O–H groups in total. The van der Waals surface area contributed by atoms with Crippen LogP contribution in [0.5, 0.6) is 5.75 Å². The first-order chi connectivity index (χ1) is 13.5. The molecule has 6 nitrogen and oxygen atoms in total. The number of benzene rings is 1. The van der Waals surface area contributed by atoms with Gasteiger partial charge in [0.2, 0.25) is 0 Å². The Bertz CT molecular complexity index is 838. The largest absolute Gasteiger partial charge is 0.496 e. The molecule has 0 saturated carbocycles. The number of pyridine rings is 1. The smallest absolute Gasteiger partial charge is 0.191 e. The van der Waals surface area contributed by atoms with E-state index in [0.717, 1.165) is 48.0 Å². The van der Waals surface area contributed by atoms with Crippen molar-refractivity contribution >= 4 is 35.6 Å². The lowest BCUT2D eigenvalue weighted by molar-refractivity contribution is 0.406. The van der Waals surface area contributed by atoms with Crippen LogP contribution in [0.3, 0.4) is 0 Å². The Morgan fingerprint density at radius 3 is 2.62 bits per heavy atom. The van der Waals surface area contributed by atoms with E-state index in [0.29, 0.717) is 12.6 Å². The van der Waals surface area contributed by atoms with Gasteiger partial charge in [-0.3, -0.25) is 9.98 Å². The van der Waals surface area contributed by atoms with Crippen LogP contribution < -0.4 is 20.3 Å². The summed E-state index contributed by atoms with van der Waals surface area (Å²) in [7, 11) is 3.50. The zero-order valence-corrected chi connectivity index (χ0v) is 20.3. The Morgan fingerprint density at radius 2 is 1.97 bits per heavy atom. The SMILES string of the molecule is CN=C(NCc1ncc(C)c(OC)c1C)NC1CCN(c2ccc(C)cc2)C1.I. The van der Waals surface area contributed by atoms with E-state index in [2.05, 4.69) is 56.7 Å². The molecule has 0 radical (unpaired) electrons. The molecular formula is C22H32IN5O. The lowest BCUT2D eigenvalue weighted by Crippen LogP contribution is -2.44. The molecule has 1 aromatic heterocycles. The number of aliphatic imine (C=N–C) groups is 1. The highest BCUT2D eigenvalue weighted by molar-refractivity contribution is 14.0. The summed E-state index contributed by atoms with van der Waals surface area (Å²) in [6.07, 6.45) is 2.94. The molecule has 0 spiro atoms. The summed E-state index contributed by atoms with van der Waals surface area (Å²) in [5.74, 6) is 1.70. The van der Waals surface area contributed by atoms with E-state index >= 15 is 0 Å². The van der Waals surface area contributed by atoms with Crippen molar-refractivity contribution in [2.75, 3.05) is 32.1 Å². The molecule has 1 aromatic carbocycles. The number of anilines is 1. The van der Waals surface area contributed by atoms with Crippen molar-refractivity contribution in [1.82, 2.24) is 15.6 Å². The second kappa shape index (κ2) is 10.7. The minimum Gasteiger partial charge on any atom is -0.496 e. The number of aromatic nitrogens is 1. The van der Waals surface area contributed by atoms with E-state index in [4.69, 9.17) is 4.74 Å². The van der Waals surface area contributed by atoms with Crippen LogP contribution in [0, 0.1) is 20.8 Å². The quantitative estimate of drug-likeness (QED) is 0.367. The first-order valence-corrected chi connectivity index (χ1v) is 9.79. The lowest BCUT2D eigenvalue weighted by Gasteiger charge is -2.21. The molecular weight excluding hydrogens is 477 g/mol. The number of guanidine groups is 1. The highest BCUT2D eigenvalue weighted by atomic mass is 127. The van der Waals surface area contributed by atoms with Gasteiger partial charge in [0, 0.05) is 49.2 Å². The zero-order valence-electron chi connectivity index (χ0n) is 18.0. The lowest BCUT2D eigenvalue weighted by atomic mass is 10.1. The molecule has 1 unspecified atom stereocenters. The molecule has 1 atom stereocenters. The van der Waals surface area contributed by atoms with Crippen LogP contribution in [0.4, 0.5) is 5.69 Å². The Balaban J connectivity index is 0.00000300. The second-order valence-corrected chi connectivity index (χ2v) is 7.38. The van der Waals surface area contributed by atoms with Gasteiger partial charge in [0.05, 0.1) is 19.3 Å². The zero-order chi connectivity index (χ0) is 20.1. The molecule has 0 bridgehead atoms. The molecule has 1 fully saturated rings. The summed E-state index contributed by atoms with van der Waals surface area (Å²) in [5.41, 5.74) is 5.66. The molecule has 158 valence electrons. The van der Waals surface area contributed by atoms with Crippen molar-refractivity contribution in [3.63, 3.8) is 0 Å². The van der Waals surface area contributed by atoms with Crippen molar-refractivity contribution in [3.05, 3.63) is 52.8 Å². The number of ether oxygens (including phenoxy) is 1. The molecule has 2 heterocycles. The van der Waals surface area contributed by atoms with Crippen molar-refractivity contribution in [2.45, 2.75) is 39.8 Å². The van der Waals surface area contributed by atoms with Gasteiger partial charge >= 0.3 is 0 Å². The second-order valence-electron chi connectivity index (χ2n) is 7.38. The van der Waals surface area contributed by atoms with Crippen molar-refractivity contribution < 1.29 is 4.74 Å². The summed E-state index contributed by atoms with van der Waals surface area (Å²) in [5, 5.41) is 6.93. The molecule has 0 amide bonds. The number of hydrogen-bond acceptors (Lipinski definition) is 4. The summed E-state index contributed by atoms with van der Waals surface area (Å²) in [6, 6.07) is 9.10. The van der Waals surface area contributed by atoms with Gasteiger partial charge in [-0.05, 0) is 39.3 Å². The van der Waals surface area contributed by atoms with Gasteiger partial charge in [-0.1, -0.05) is 17.7 Å². The Labute approximate surface area is 191 Å². The maximum Gasteiger partial charge on any atom is 0.191 e. The minimum atomic E-state index is 0. The van der Waals surface area contributed by atoms with Gasteiger partial charge in [0.25, 0.3) is 0 Å². The molecule has 3 rings (SSSR count). The number of methoxy groups -OCH3 is 1. The van der Waals surface area contributed by atoms with Crippen LogP contribution in [0.1, 0.15) is 28.8 Å². The molecule has 1 aliphatic heterocycles. The summed E-state index contributed by atoms with van der Waals surface area (Å²) in [4.78, 5) is 11.4. The highest BCUT2D eigenvalue weighted by Crippen LogP contribution is 2.24. The standard InChI is InChI=1S/C22H31N5O.HI/c1-15-6-8-19(9-7-15)27-11-10-18(14-27)26-22(23-4)25-13-20-17(3)21(28-5)16(2)12-24-20;/h6-9,12,18H,10-11,13-14H2,1-5H3,(H2,23,25,26);1H. The normalized spacial score (nSPS) is 16.4. The van der Waals surface area contributed by atoms with Crippen LogP contribution in [-0.2, 0) is 6.54 Å². The van der Waals surface area contributed by atoms with Crippen LogP contribution in [0.25, 0.3) is 0 Å². The van der Waals surface area contributed by atoms with Gasteiger partial charge in [0.1, 0.15) is 5.75 Å². The van der Waals surface area contributed by atoms with E-state index in [1.807, 2.05) is 20.0 Å². The monoisotopic (exact) mass is 509 g/mol. The average Bonchev–Trinajstić information content (AvgIpc) is 3.16. The maximum absolute atomic E-state index is 5.50. The number of aryl methyl sites for hydroxylation is 2. The van der Waals surface area contributed by atoms with Crippen LogP contribution in [0.2, 0.25) is 0 Å². The number of halogens is 1. The van der Waals surface area contributed by atoms with E-state index in [1.54, 1.807) is 14.2 Å². The third-order valence-electron chi connectivity index (χ3n) is 5.32. The van der Waals surface area contributed by atoms with E-state index in [-0.39, 0.29) is 24.0 Å².